The number of rotatable bonds is 3. The number of hydrogen-bond donors (Lipinski definition) is 1. The van der Waals surface area contributed by atoms with Gasteiger partial charge in [-0.2, -0.15) is 0 Å². The largest absolute Gasteiger partial charge is 0.355 e. The SMILES string of the molecule is CC(=O)N1CCN(C(=O)c2cc(Nc3cccc(C)c3C)ccn2)CC1. The molecule has 6 nitrogen and oxygen atoms in total. The van der Waals surface area contributed by atoms with Crippen molar-refractivity contribution in [2.24, 2.45) is 0 Å². The van der Waals surface area contributed by atoms with Crippen LogP contribution in [-0.2, 0) is 4.79 Å². The quantitative estimate of drug-likeness (QED) is 0.922. The Hall–Kier alpha value is -2.89. The van der Waals surface area contributed by atoms with Gasteiger partial charge < -0.3 is 15.1 Å². The molecule has 2 amide bonds. The number of hydrogen-bond acceptors (Lipinski definition) is 4. The van der Waals surface area contributed by atoms with E-state index in [-0.39, 0.29) is 11.8 Å². The van der Waals surface area contributed by atoms with Gasteiger partial charge in [-0.1, -0.05) is 12.1 Å². The fourth-order valence-corrected chi connectivity index (χ4v) is 3.05. The Morgan fingerprint density at radius 3 is 2.42 bits per heavy atom. The standard InChI is InChI=1S/C20H24N4O2/c1-14-5-4-6-18(15(14)2)22-17-7-8-21-19(13-17)20(26)24-11-9-23(10-12-24)16(3)25/h4-8,13H,9-12H2,1-3H3,(H,21,22). The molecule has 0 bridgehead atoms. The normalized spacial score (nSPS) is 14.3. The van der Waals surface area contributed by atoms with Crippen LogP contribution < -0.4 is 5.32 Å². The van der Waals surface area contributed by atoms with Crippen molar-refractivity contribution in [3.63, 3.8) is 0 Å². The summed E-state index contributed by atoms with van der Waals surface area (Å²) >= 11 is 0. The lowest BCUT2D eigenvalue weighted by atomic mass is 10.1. The Balaban J connectivity index is 1.72. The zero-order valence-corrected chi connectivity index (χ0v) is 15.5. The predicted molar refractivity (Wildman–Crippen MR) is 102 cm³/mol. The zero-order chi connectivity index (χ0) is 18.7. The molecule has 2 heterocycles. The maximum Gasteiger partial charge on any atom is 0.272 e. The molecule has 6 heteroatoms. The molecule has 3 rings (SSSR count). The Morgan fingerprint density at radius 1 is 1.04 bits per heavy atom. The number of carbonyl (C=O) groups is 2. The first-order valence-electron chi connectivity index (χ1n) is 8.80. The number of amides is 2. The Morgan fingerprint density at radius 2 is 1.73 bits per heavy atom. The molecule has 1 aliphatic rings. The highest BCUT2D eigenvalue weighted by Gasteiger charge is 2.24. The van der Waals surface area contributed by atoms with E-state index in [2.05, 4.69) is 30.2 Å². The summed E-state index contributed by atoms with van der Waals surface area (Å²) in [5.41, 5.74) is 4.65. The van der Waals surface area contributed by atoms with Crippen molar-refractivity contribution in [3.05, 3.63) is 53.3 Å². The van der Waals surface area contributed by atoms with Gasteiger partial charge in [0.25, 0.3) is 5.91 Å². The van der Waals surface area contributed by atoms with Gasteiger partial charge in [-0.05, 0) is 43.2 Å². The average Bonchev–Trinajstić information content (AvgIpc) is 2.65. The summed E-state index contributed by atoms with van der Waals surface area (Å²) in [6, 6.07) is 9.73. The van der Waals surface area contributed by atoms with Crippen LogP contribution in [0.5, 0.6) is 0 Å². The maximum atomic E-state index is 12.7. The smallest absolute Gasteiger partial charge is 0.272 e. The Bertz CT molecular complexity index is 826. The fraction of sp³-hybridized carbons (Fsp3) is 0.350. The van der Waals surface area contributed by atoms with Crippen molar-refractivity contribution in [1.29, 1.82) is 0 Å². The monoisotopic (exact) mass is 352 g/mol. The molecule has 0 unspecified atom stereocenters. The van der Waals surface area contributed by atoms with E-state index in [1.807, 2.05) is 18.2 Å². The van der Waals surface area contributed by atoms with Gasteiger partial charge >= 0.3 is 0 Å². The Labute approximate surface area is 153 Å². The van der Waals surface area contributed by atoms with Crippen LogP contribution in [0.1, 0.15) is 28.5 Å². The highest BCUT2D eigenvalue weighted by atomic mass is 16.2. The molecular weight excluding hydrogens is 328 g/mol. The summed E-state index contributed by atoms with van der Waals surface area (Å²) in [5, 5.41) is 3.37. The molecule has 1 aromatic heterocycles. The molecule has 1 saturated heterocycles. The summed E-state index contributed by atoms with van der Waals surface area (Å²) in [4.78, 5) is 31.9. The van der Waals surface area contributed by atoms with E-state index in [9.17, 15) is 9.59 Å². The second-order valence-corrected chi connectivity index (χ2v) is 6.60. The molecule has 136 valence electrons. The van der Waals surface area contributed by atoms with Crippen LogP contribution in [-0.4, -0.2) is 52.8 Å². The number of nitrogens with zero attached hydrogens (tertiary/aromatic N) is 3. The molecule has 1 N–H and O–H groups in total. The molecule has 2 aromatic rings. The molecule has 26 heavy (non-hydrogen) atoms. The highest BCUT2D eigenvalue weighted by Crippen LogP contribution is 2.23. The first-order valence-corrected chi connectivity index (χ1v) is 8.80. The van der Waals surface area contributed by atoms with Gasteiger partial charge in [-0.3, -0.25) is 14.6 Å². The van der Waals surface area contributed by atoms with Crippen molar-refractivity contribution in [2.45, 2.75) is 20.8 Å². The molecule has 1 fully saturated rings. The second-order valence-electron chi connectivity index (χ2n) is 6.60. The molecule has 0 atom stereocenters. The van der Waals surface area contributed by atoms with Crippen LogP contribution in [0.3, 0.4) is 0 Å². The van der Waals surface area contributed by atoms with Crippen LogP contribution >= 0.6 is 0 Å². The van der Waals surface area contributed by atoms with Crippen LogP contribution in [0.25, 0.3) is 0 Å². The number of carbonyl (C=O) groups excluding carboxylic acids is 2. The number of nitrogens with one attached hydrogen (secondary N) is 1. The number of piperazine rings is 1. The lowest BCUT2D eigenvalue weighted by Gasteiger charge is -2.34. The van der Waals surface area contributed by atoms with Gasteiger partial charge in [0.2, 0.25) is 5.91 Å². The van der Waals surface area contributed by atoms with Gasteiger partial charge in [0.1, 0.15) is 5.69 Å². The van der Waals surface area contributed by atoms with Gasteiger partial charge in [-0.25, -0.2) is 0 Å². The summed E-state index contributed by atoms with van der Waals surface area (Å²) in [6.45, 7) is 7.91. The lowest BCUT2D eigenvalue weighted by Crippen LogP contribution is -2.50. The molecule has 1 aliphatic heterocycles. The summed E-state index contributed by atoms with van der Waals surface area (Å²) in [7, 11) is 0. The minimum atomic E-state index is -0.0992. The van der Waals surface area contributed by atoms with E-state index in [0.717, 1.165) is 11.4 Å². The van der Waals surface area contributed by atoms with Crippen LogP contribution in [0.2, 0.25) is 0 Å². The van der Waals surface area contributed by atoms with Gasteiger partial charge in [0, 0.05) is 50.7 Å². The van der Waals surface area contributed by atoms with Crippen molar-refractivity contribution in [2.75, 3.05) is 31.5 Å². The van der Waals surface area contributed by atoms with Gasteiger partial charge in [0.05, 0.1) is 0 Å². The summed E-state index contributed by atoms with van der Waals surface area (Å²) in [6.07, 6.45) is 1.65. The van der Waals surface area contributed by atoms with Crippen molar-refractivity contribution in [3.8, 4) is 0 Å². The third-order valence-corrected chi connectivity index (χ3v) is 4.87. The van der Waals surface area contributed by atoms with Gasteiger partial charge in [-0.15, -0.1) is 0 Å². The topological polar surface area (TPSA) is 65.5 Å². The third-order valence-electron chi connectivity index (χ3n) is 4.87. The molecule has 0 spiro atoms. The van der Waals surface area contributed by atoms with Crippen LogP contribution in [0, 0.1) is 13.8 Å². The summed E-state index contributed by atoms with van der Waals surface area (Å²) < 4.78 is 0. The molecule has 0 radical (unpaired) electrons. The van der Waals surface area contributed by atoms with Crippen molar-refractivity contribution in [1.82, 2.24) is 14.8 Å². The number of anilines is 2. The van der Waals surface area contributed by atoms with E-state index in [1.54, 1.807) is 29.0 Å². The first kappa shape index (κ1) is 17.9. The van der Waals surface area contributed by atoms with Crippen molar-refractivity contribution >= 4 is 23.2 Å². The van der Waals surface area contributed by atoms with Crippen LogP contribution in [0.4, 0.5) is 11.4 Å². The van der Waals surface area contributed by atoms with E-state index in [4.69, 9.17) is 0 Å². The first-order chi connectivity index (χ1) is 12.5. The third kappa shape index (κ3) is 3.85. The van der Waals surface area contributed by atoms with Crippen LogP contribution in [0.15, 0.2) is 36.5 Å². The Kier molecular flexibility index (Phi) is 5.21. The predicted octanol–water partition coefficient (Wildman–Crippen LogP) is 2.75. The van der Waals surface area contributed by atoms with E-state index >= 15 is 0 Å². The molecular formula is C20H24N4O2. The highest BCUT2D eigenvalue weighted by molar-refractivity contribution is 5.93. The molecule has 1 aromatic carbocycles. The fourth-order valence-electron chi connectivity index (χ4n) is 3.05. The van der Waals surface area contributed by atoms with Gasteiger partial charge in [0.15, 0.2) is 0 Å². The maximum absolute atomic E-state index is 12.7. The lowest BCUT2D eigenvalue weighted by molar-refractivity contribution is -0.130. The minimum absolute atomic E-state index is 0.0509. The second kappa shape index (κ2) is 7.56. The van der Waals surface area contributed by atoms with E-state index in [1.165, 1.54) is 11.1 Å². The number of aryl methyl sites for hydroxylation is 1. The van der Waals surface area contributed by atoms with Crippen molar-refractivity contribution < 1.29 is 9.59 Å². The average molecular weight is 352 g/mol. The number of benzene rings is 1. The van der Waals surface area contributed by atoms with E-state index < -0.39 is 0 Å². The number of pyridine rings is 1. The zero-order valence-electron chi connectivity index (χ0n) is 15.5. The van der Waals surface area contributed by atoms with E-state index in [0.29, 0.717) is 31.9 Å². The summed E-state index contributed by atoms with van der Waals surface area (Å²) in [5.74, 6) is -0.0484. The molecule has 0 saturated carbocycles. The minimum Gasteiger partial charge on any atom is -0.355 e. The molecule has 0 aliphatic carbocycles. The number of aromatic nitrogens is 1.